The second-order valence-electron chi connectivity index (χ2n) is 9.29. The van der Waals surface area contributed by atoms with Crippen LogP contribution in [0.15, 0.2) is 53.8 Å². The standard InChI is InChI=1S/C24H36O4Si/c1-9-26-22(25)20-18(2)28-24(6,21(20)19-14-11-10-12-15-19)16-13-17-27-29(7,8)23(3,4)5/h10-16,21H,9,17H2,1-8H3/b16-13-/t21-,24+/m1/s1. The summed E-state index contributed by atoms with van der Waals surface area (Å²) in [6.07, 6.45) is 4.06. The van der Waals surface area contributed by atoms with Crippen molar-refractivity contribution in [3.05, 3.63) is 59.4 Å². The molecule has 0 N–H and O–H groups in total. The lowest BCUT2D eigenvalue weighted by Gasteiger charge is -2.36. The Kier molecular flexibility index (Phi) is 7.17. The molecule has 160 valence electrons. The van der Waals surface area contributed by atoms with Gasteiger partial charge in [0.15, 0.2) is 8.32 Å². The molecule has 0 saturated heterocycles. The predicted octanol–water partition coefficient (Wildman–Crippen LogP) is 5.97. The first-order chi connectivity index (χ1) is 13.4. The Morgan fingerprint density at radius 2 is 1.86 bits per heavy atom. The molecule has 0 spiro atoms. The van der Waals surface area contributed by atoms with Crippen LogP contribution >= 0.6 is 0 Å². The number of carbonyl (C=O) groups is 1. The van der Waals surface area contributed by atoms with Gasteiger partial charge in [-0.05, 0) is 50.5 Å². The largest absolute Gasteiger partial charge is 0.487 e. The lowest BCUT2D eigenvalue weighted by Crippen LogP contribution is -2.40. The molecule has 0 radical (unpaired) electrons. The Labute approximate surface area is 177 Å². The molecule has 1 aromatic carbocycles. The first-order valence-electron chi connectivity index (χ1n) is 10.4. The minimum atomic E-state index is -1.82. The van der Waals surface area contributed by atoms with Crippen molar-refractivity contribution in [2.24, 2.45) is 0 Å². The zero-order valence-electron chi connectivity index (χ0n) is 19.2. The minimum absolute atomic E-state index is 0.163. The fraction of sp³-hybridized carbons (Fsp3) is 0.542. The molecule has 1 aromatic rings. The topological polar surface area (TPSA) is 44.8 Å². The number of esters is 1. The average Bonchev–Trinajstić information content (AvgIpc) is 2.89. The van der Waals surface area contributed by atoms with Crippen molar-refractivity contribution >= 4 is 14.3 Å². The number of allylic oxidation sites excluding steroid dienone is 1. The summed E-state index contributed by atoms with van der Waals surface area (Å²) in [4.78, 5) is 12.7. The average molecular weight is 417 g/mol. The Morgan fingerprint density at radius 1 is 1.24 bits per heavy atom. The van der Waals surface area contributed by atoms with Crippen LogP contribution in [0.3, 0.4) is 0 Å². The van der Waals surface area contributed by atoms with Crippen LogP contribution in [0.2, 0.25) is 18.1 Å². The monoisotopic (exact) mass is 416 g/mol. The highest BCUT2D eigenvalue weighted by molar-refractivity contribution is 6.74. The Hall–Kier alpha value is -1.85. The summed E-state index contributed by atoms with van der Waals surface area (Å²) in [6.45, 7) is 17.7. The molecular formula is C24H36O4Si. The van der Waals surface area contributed by atoms with Gasteiger partial charge >= 0.3 is 5.97 Å². The van der Waals surface area contributed by atoms with Crippen molar-refractivity contribution in [2.45, 2.75) is 71.2 Å². The molecule has 0 aliphatic carbocycles. The lowest BCUT2D eigenvalue weighted by atomic mass is 9.79. The first-order valence-corrected chi connectivity index (χ1v) is 13.3. The van der Waals surface area contributed by atoms with Gasteiger partial charge in [-0.3, -0.25) is 0 Å². The van der Waals surface area contributed by atoms with E-state index in [2.05, 4.69) is 33.9 Å². The van der Waals surface area contributed by atoms with Gasteiger partial charge in [0, 0.05) is 0 Å². The van der Waals surface area contributed by atoms with Crippen molar-refractivity contribution in [1.82, 2.24) is 0 Å². The van der Waals surface area contributed by atoms with E-state index in [0.717, 1.165) is 5.56 Å². The van der Waals surface area contributed by atoms with Gasteiger partial charge in [-0.25, -0.2) is 4.79 Å². The van der Waals surface area contributed by atoms with Crippen molar-refractivity contribution in [3.63, 3.8) is 0 Å². The summed E-state index contributed by atoms with van der Waals surface area (Å²) in [5.41, 5.74) is 0.949. The summed E-state index contributed by atoms with van der Waals surface area (Å²) < 4.78 is 17.8. The number of benzene rings is 1. The van der Waals surface area contributed by atoms with E-state index >= 15 is 0 Å². The Bertz CT molecular complexity index is 774. The number of rotatable bonds is 7. The molecule has 5 heteroatoms. The summed E-state index contributed by atoms with van der Waals surface area (Å²) in [5, 5.41) is 0.163. The van der Waals surface area contributed by atoms with Crippen molar-refractivity contribution in [2.75, 3.05) is 13.2 Å². The predicted molar refractivity (Wildman–Crippen MR) is 120 cm³/mol. The zero-order chi connectivity index (χ0) is 21.9. The van der Waals surface area contributed by atoms with Crippen LogP contribution in [0.25, 0.3) is 0 Å². The van der Waals surface area contributed by atoms with E-state index in [-0.39, 0.29) is 16.9 Å². The van der Waals surface area contributed by atoms with Crippen molar-refractivity contribution in [3.8, 4) is 0 Å². The third-order valence-corrected chi connectivity index (χ3v) is 10.5. The van der Waals surface area contributed by atoms with Gasteiger partial charge < -0.3 is 13.9 Å². The van der Waals surface area contributed by atoms with E-state index in [4.69, 9.17) is 13.9 Å². The number of carbonyl (C=O) groups excluding carboxylic acids is 1. The second kappa shape index (κ2) is 8.88. The molecule has 1 aliphatic rings. The molecule has 1 heterocycles. The molecule has 0 aromatic heterocycles. The maximum absolute atomic E-state index is 12.7. The Balaban J connectivity index is 2.29. The van der Waals surface area contributed by atoms with Crippen LogP contribution < -0.4 is 0 Å². The molecular weight excluding hydrogens is 380 g/mol. The first kappa shape index (κ1) is 23.4. The van der Waals surface area contributed by atoms with Gasteiger partial charge in [0.05, 0.1) is 24.7 Å². The fourth-order valence-corrected chi connectivity index (χ4v) is 4.38. The Morgan fingerprint density at radius 3 is 2.41 bits per heavy atom. The molecule has 29 heavy (non-hydrogen) atoms. The molecule has 4 nitrogen and oxygen atoms in total. The van der Waals surface area contributed by atoms with E-state index in [1.807, 2.05) is 63.3 Å². The smallest absolute Gasteiger partial charge is 0.338 e. The molecule has 0 fully saturated rings. The number of hydrogen-bond acceptors (Lipinski definition) is 4. The lowest BCUT2D eigenvalue weighted by molar-refractivity contribution is -0.138. The van der Waals surface area contributed by atoms with Gasteiger partial charge in [0.25, 0.3) is 0 Å². The summed E-state index contributed by atoms with van der Waals surface area (Å²) >= 11 is 0. The van der Waals surface area contributed by atoms with Gasteiger partial charge in [0.1, 0.15) is 11.4 Å². The quantitative estimate of drug-likeness (QED) is 0.312. The van der Waals surface area contributed by atoms with E-state index in [1.54, 1.807) is 0 Å². The summed E-state index contributed by atoms with van der Waals surface area (Å²) in [6, 6.07) is 10.0. The normalized spacial score (nSPS) is 22.8. The van der Waals surface area contributed by atoms with Gasteiger partial charge in [-0.2, -0.15) is 0 Å². The molecule has 0 amide bonds. The molecule has 0 saturated carbocycles. The maximum atomic E-state index is 12.7. The van der Waals surface area contributed by atoms with Crippen LogP contribution in [-0.2, 0) is 18.7 Å². The van der Waals surface area contributed by atoms with Crippen LogP contribution in [0.1, 0.15) is 53.0 Å². The highest BCUT2D eigenvalue weighted by Crippen LogP contribution is 2.47. The van der Waals surface area contributed by atoms with Crippen LogP contribution in [0.5, 0.6) is 0 Å². The highest BCUT2D eigenvalue weighted by atomic mass is 28.4. The van der Waals surface area contributed by atoms with Crippen LogP contribution in [0, 0.1) is 0 Å². The van der Waals surface area contributed by atoms with Crippen LogP contribution in [-0.4, -0.2) is 33.1 Å². The van der Waals surface area contributed by atoms with Gasteiger partial charge in [0.2, 0.25) is 0 Å². The van der Waals surface area contributed by atoms with Crippen LogP contribution in [0.4, 0.5) is 0 Å². The molecule has 2 atom stereocenters. The number of ether oxygens (including phenoxy) is 2. The van der Waals surface area contributed by atoms with E-state index < -0.39 is 13.9 Å². The zero-order valence-corrected chi connectivity index (χ0v) is 20.2. The third-order valence-electron chi connectivity index (χ3n) is 6.04. The van der Waals surface area contributed by atoms with E-state index in [9.17, 15) is 4.79 Å². The highest BCUT2D eigenvalue weighted by Gasteiger charge is 2.47. The minimum Gasteiger partial charge on any atom is -0.487 e. The van der Waals surface area contributed by atoms with E-state index in [1.165, 1.54) is 0 Å². The van der Waals surface area contributed by atoms with E-state index in [0.29, 0.717) is 24.5 Å². The maximum Gasteiger partial charge on any atom is 0.338 e. The fourth-order valence-electron chi connectivity index (χ4n) is 3.43. The molecule has 1 aliphatic heterocycles. The third kappa shape index (κ3) is 5.20. The second-order valence-corrected chi connectivity index (χ2v) is 14.1. The summed E-state index contributed by atoms with van der Waals surface area (Å²) in [7, 11) is -1.82. The molecule has 2 rings (SSSR count). The van der Waals surface area contributed by atoms with Gasteiger partial charge in [-0.1, -0.05) is 57.2 Å². The molecule has 0 unspecified atom stereocenters. The van der Waals surface area contributed by atoms with Crippen molar-refractivity contribution < 1.29 is 18.7 Å². The summed E-state index contributed by atoms with van der Waals surface area (Å²) in [5.74, 6) is 0.0788. The number of hydrogen-bond donors (Lipinski definition) is 0. The van der Waals surface area contributed by atoms with Crippen molar-refractivity contribution in [1.29, 1.82) is 0 Å². The SMILES string of the molecule is CCOC(=O)C1=C(C)O[C@@](C)(/C=C\CO[Si](C)(C)C(C)(C)C)[C@@H]1c1ccccc1. The van der Waals surface area contributed by atoms with Gasteiger partial charge in [-0.15, -0.1) is 0 Å². The molecule has 0 bridgehead atoms.